The van der Waals surface area contributed by atoms with Crippen molar-refractivity contribution in [3.05, 3.63) is 455 Å². The molecule has 6 heterocycles. The summed E-state index contributed by atoms with van der Waals surface area (Å²) in [5, 5.41) is 20.3. The molecule has 6 aromatic heterocycles. The van der Waals surface area contributed by atoms with Gasteiger partial charge >= 0.3 is 0 Å². The van der Waals surface area contributed by atoms with E-state index in [2.05, 4.69) is 309 Å². The van der Waals surface area contributed by atoms with E-state index in [9.17, 15) is 0 Å². The normalized spacial score (nSPS) is 11.6. The quantitative estimate of drug-likeness (QED) is 0.114. The smallest absolute Gasteiger partial charge is 0.164 e. The summed E-state index contributed by atoms with van der Waals surface area (Å²) in [4.78, 5) is 45.4. The minimum absolute atomic E-state index is 0.635. The fourth-order valence-corrected chi connectivity index (χ4v) is 19.2. The summed E-state index contributed by atoms with van der Waals surface area (Å²) in [7, 11) is 0. The maximum atomic E-state index is 6.26. The number of nitrogens with zero attached hydrogens (tertiary/aromatic N) is 9. The molecule has 21 aromatic carbocycles. The van der Waals surface area contributed by atoms with Crippen molar-refractivity contribution in [3.8, 4) is 136 Å². The first-order valence-electron chi connectivity index (χ1n) is 45.1. The zero-order chi connectivity index (χ0) is 89.2. The fraction of sp³-hybridized carbons (Fsp3) is 0. The van der Waals surface area contributed by atoms with E-state index in [0.29, 0.717) is 52.4 Å². The lowest BCUT2D eigenvalue weighted by Gasteiger charge is -2.14. The van der Waals surface area contributed by atoms with Crippen LogP contribution < -0.4 is 0 Å². The molecular formula is C123H75N9O3. The Kier molecular flexibility index (Phi) is 19.6. The summed E-state index contributed by atoms with van der Waals surface area (Å²) in [6, 6.07) is 157. The largest absolute Gasteiger partial charge is 0.456 e. The molecule has 12 nitrogen and oxygen atoms in total. The maximum absolute atomic E-state index is 6.26. The Bertz CT molecular complexity index is 9200. The predicted octanol–water partition coefficient (Wildman–Crippen LogP) is 32.2. The van der Waals surface area contributed by atoms with Crippen molar-refractivity contribution in [1.29, 1.82) is 0 Å². The lowest BCUT2D eigenvalue weighted by atomic mass is 9.92. The van der Waals surface area contributed by atoms with Crippen molar-refractivity contribution in [3.63, 3.8) is 0 Å². The second kappa shape index (κ2) is 33.6. The second-order valence-electron chi connectivity index (χ2n) is 33.7. The molecule has 0 aliphatic heterocycles. The van der Waals surface area contributed by atoms with Crippen molar-refractivity contribution in [2.45, 2.75) is 0 Å². The molecular weight excluding hydrogens is 1650 g/mol. The molecule has 0 atom stereocenters. The fourth-order valence-electron chi connectivity index (χ4n) is 19.2. The molecule has 27 aromatic rings. The summed E-state index contributed by atoms with van der Waals surface area (Å²) in [5.74, 6) is 5.79. The first kappa shape index (κ1) is 78.8. The third kappa shape index (κ3) is 14.5. The monoisotopic (exact) mass is 1730 g/mol. The topological polar surface area (TPSA) is 155 Å². The van der Waals surface area contributed by atoms with Gasteiger partial charge in [-0.15, -0.1) is 0 Å². The van der Waals surface area contributed by atoms with E-state index >= 15 is 0 Å². The molecule has 135 heavy (non-hydrogen) atoms. The van der Waals surface area contributed by atoms with Crippen LogP contribution in [0, 0.1) is 0 Å². The second-order valence-corrected chi connectivity index (χ2v) is 33.7. The Labute approximate surface area is 774 Å². The number of rotatable bonds is 12. The van der Waals surface area contributed by atoms with Crippen LogP contribution >= 0.6 is 0 Å². The minimum Gasteiger partial charge on any atom is -0.456 e. The van der Waals surface area contributed by atoms with Gasteiger partial charge in [0.2, 0.25) is 0 Å². The number of aromatic nitrogens is 9. The van der Waals surface area contributed by atoms with Gasteiger partial charge < -0.3 is 13.3 Å². The summed E-state index contributed by atoms with van der Waals surface area (Å²) < 4.78 is 18.7. The SMILES string of the molecule is c1ccc(-c2nc(-c3ccc4ccccc4c3)nc(-c3ccc(-c4cccc5oc6ccccc6c45)c4ccccc34)n2)cc1.c1ccc(-c2nc(-c3ccccc3)nc(-c3ccc(-c4cccc5oc6ccccc6c45)c4ccccc34)n2)cc1.c1ccc2cc(-c3nc(-c4ccc5ccccc5c4)nc(-c4ccc(-c5cccc6oc7ccccc7c56)c5ccccc45)n3)ccc2c1. The van der Waals surface area contributed by atoms with Gasteiger partial charge in [0.25, 0.3) is 0 Å². The number of benzene rings is 21. The van der Waals surface area contributed by atoms with Crippen LogP contribution in [0.15, 0.2) is 468 Å². The summed E-state index contributed by atoms with van der Waals surface area (Å²) in [5.41, 5.74) is 20.7. The number of hydrogen-bond donors (Lipinski definition) is 0. The summed E-state index contributed by atoms with van der Waals surface area (Å²) >= 11 is 0. The van der Waals surface area contributed by atoms with Gasteiger partial charge in [-0.2, -0.15) is 0 Å². The molecule has 0 aliphatic carbocycles. The zero-order valence-corrected chi connectivity index (χ0v) is 72.6. The molecule has 0 amide bonds. The van der Waals surface area contributed by atoms with Crippen molar-refractivity contribution in [2.24, 2.45) is 0 Å². The Morgan fingerprint density at radius 2 is 0.326 bits per heavy atom. The average Bonchev–Trinajstić information content (AvgIpc) is 1.72. The highest BCUT2D eigenvalue weighted by Crippen LogP contribution is 2.47. The highest BCUT2D eigenvalue weighted by atomic mass is 16.3. The van der Waals surface area contributed by atoms with E-state index in [-0.39, 0.29) is 0 Å². The third-order valence-corrected chi connectivity index (χ3v) is 25.6. The van der Waals surface area contributed by atoms with Crippen molar-refractivity contribution in [1.82, 2.24) is 44.9 Å². The van der Waals surface area contributed by atoms with Crippen molar-refractivity contribution in [2.75, 3.05) is 0 Å². The molecule has 0 N–H and O–H groups in total. The first-order chi connectivity index (χ1) is 66.9. The lowest BCUT2D eigenvalue weighted by Crippen LogP contribution is -2.01. The van der Waals surface area contributed by atoms with Gasteiger partial charge in [-0.3, -0.25) is 0 Å². The van der Waals surface area contributed by atoms with Gasteiger partial charge in [-0.05, 0) is 171 Å². The van der Waals surface area contributed by atoms with Crippen LogP contribution in [0.2, 0.25) is 0 Å². The maximum Gasteiger partial charge on any atom is 0.164 e. The highest BCUT2D eigenvalue weighted by molar-refractivity contribution is 6.20. The molecule has 0 spiro atoms. The first-order valence-corrected chi connectivity index (χ1v) is 45.1. The third-order valence-electron chi connectivity index (χ3n) is 25.6. The van der Waals surface area contributed by atoms with Gasteiger partial charge in [0, 0.05) is 82.4 Å². The molecule has 27 rings (SSSR count). The van der Waals surface area contributed by atoms with Crippen LogP contribution in [0.4, 0.5) is 0 Å². The molecule has 630 valence electrons. The van der Waals surface area contributed by atoms with E-state index in [0.717, 1.165) is 198 Å². The molecule has 12 heteroatoms. The van der Waals surface area contributed by atoms with Crippen LogP contribution in [0.3, 0.4) is 0 Å². The van der Waals surface area contributed by atoms with E-state index in [4.69, 9.17) is 58.1 Å². The summed E-state index contributed by atoms with van der Waals surface area (Å²) in [6.07, 6.45) is 0. The van der Waals surface area contributed by atoms with E-state index in [1.54, 1.807) is 0 Å². The molecule has 0 radical (unpaired) electrons. The number of fused-ring (bicyclic) bond motifs is 15. The number of para-hydroxylation sites is 3. The Hall–Kier alpha value is -18.4. The molecule has 0 fully saturated rings. The van der Waals surface area contributed by atoms with Crippen LogP contribution in [-0.2, 0) is 0 Å². The molecule has 0 saturated heterocycles. The minimum atomic E-state index is 0.635. The van der Waals surface area contributed by atoms with E-state index in [1.165, 1.54) is 16.2 Å². The van der Waals surface area contributed by atoms with Gasteiger partial charge in [0.15, 0.2) is 52.4 Å². The Morgan fingerprint density at radius 1 is 0.119 bits per heavy atom. The van der Waals surface area contributed by atoms with Crippen molar-refractivity contribution >= 4 is 130 Å². The summed E-state index contributed by atoms with van der Waals surface area (Å²) in [6.45, 7) is 0. The standard InChI is InChI=1S/C45H27N3O.C41H25N3O.C37H23N3O/c1-3-12-30-26-32(22-20-28(30)10-1)43-46-44(33-23-21-29-11-2-4-13-31(29)27-33)48-45(47-43)38-25-24-36(34-14-5-6-15-35(34)38)37-17-9-19-41-42(37)39-16-7-8-18-40(39)49-41;1-2-12-27(13-3-1)39-42-40(29-22-21-26-11-4-5-14-28(26)25-29)44-41(43-39)34-24-23-32(30-15-6-7-16-31(30)34)33-18-10-20-37-38(33)35-17-8-9-19-36(35)45-37;1-3-12-24(13-4-1)35-38-36(25-14-5-2-6-15-25)40-37(39-35)30-23-22-28(26-16-7-8-17-27(26)30)29-19-11-21-33-34(29)31-18-9-10-20-32(31)41-33/h1-27H;1-25H;1-23H. The highest BCUT2D eigenvalue weighted by Gasteiger charge is 2.25. The average molecular weight is 1730 g/mol. The van der Waals surface area contributed by atoms with Gasteiger partial charge in [-0.1, -0.05) is 382 Å². The molecule has 0 unspecified atom stereocenters. The number of furan rings is 3. The van der Waals surface area contributed by atoms with Crippen LogP contribution in [0.25, 0.3) is 266 Å². The number of hydrogen-bond acceptors (Lipinski definition) is 12. The van der Waals surface area contributed by atoms with E-state index < -0.39 is 0 Å². The van der Waals surface area contributed by atoms with Gasteiger partial charge in [0.1, 0.15) is 33.5 Å². The van der Waals surface area contributed by atoms with Gasteiger partial charge in [0.05, 0.1) is 0 Å². The van der Waals surface area contributed by atoms with Crippen molar-refractivity contribution < 1.29 is 13.3 Å². The Morgan fingerprint density at radius 3 is 0.607 bits per heavy atom. The van der Waals surface area contributed by atoms with E-state index in [1.807, 2.05) is 146 Å². The molecule has 0 saturated carbocycles. The van der Waals surface area contributed by atoms with Gasteiger partial charge in [-0.25, -0.2) is 44.9 Å². The van der Waals surface area contributed by atoms with Crippen LogP contribution in [0.1, 0.15) is 0 Å². The predicted molar refractivity (Wildman–Crippen MR) is 552 cm³/mol. The Balaban J connectivity index is 0.000000108. The van der Waals surface area contributed by atoms with Crippen LogP contribution in [-0.4, -0.2) is 44.9 Å². The zero-order valence-electron chi connectivity index (χ0n) is 72.6. The molecule has 0 bridgehead atoms. The van der Waals surface area contributed by atoms with Crippen LogP contribution in [0.5, 0.6) is 0 Å². The lowest BCUT2D eigenvalue weighted by molar-refractivity contribution is 0.668. The molecule has 0 aliphatic rings.